The minimum absolute atomic E-state index is 0.0290. The third kappa shape index (κ3) is 4.45. The van der Waals surface area contributed by atoms with Crippen LogP contribution in [0.4, 0.5) is 18.0 Å². The molecule has 0 aromatic heterocycles. The number of piperidine rings is 1. The first kappa shape index (κ1) is 21.4. The molecule has 3 atom stereocenters. The van der Waals surface area contributed by atoms with Crippen LogP contribution in [0.2, 0.25) is 0 Å². The van der Waals surface area contributed by atoms with Crippen LogP contribution in [0.25, 0.3) is 11.1 Å². The summed E-state index contributed by atoms with van der Waals surface area (Å²) in [6.45, 7) is 5.62. The highest BCUT2D eigenvalue weighted by Gasteiger charge is 2.54. The Hall–Kier alpha value is -2.83. The van der Waals surface area contributed by atoms with Crippen molar-refractivity contribution in [3.05, 3.63) is 59.4 Å². The van der Waals surface area contributed by atoms with Crippen molar-refractivity contribution in [3.8, 4) is 11.1 Å². The molecule has 1 aliphatic heterocycles. The lowest BCUT2D eigenvalue weighted by molar-refractivity contribution is -0.128. The summed E-state index contributed by atoms with van der Waals surface area (Å²) < 4.78 is 48.0. The first-order valence-corrected chi connectivity index (χ1v) is 10.3. The van der Waals surface area contributed by atoms with E-state index in [2.05, 4.69) is 0 Å². The van der Waals surface area contributed by atoms with E-state index in [1.807, 2.05) is 0 Å². The molecular weight excluding hydrogens is 407 g/mol. The van der Waals surface area contributed by atoms with Crippen molar-refractivity contribution in [2.24, 2.45) is 11.8 Å². The zero-order chi connectivity index (χ0) is 22.5. The number of hydrogen-bond donors (Lipinski definition) is 0. The fourth-order valence-corrected chi connectivity index (χ4v) is 4.19. The van der Waals surface area contributed by atoms with E-state index in [-0.39, 0.29) is 40.7 Å². The van der Waals surface area contributed by atoms with E-state index in [9.17, 15) is 18.4 Å². The lowest BCUT2D eigenvalue weighted by Gasteiger charge is -2.35. The molecule has 2 aromatic rings. The van der Waals surface area contributed by atoms with Gasteiger partial charge in [-0.05, 0) is 56.4 Å². The fourth-order valence-electron chi connectivity index (χ4n) is 4.19. The monoisotopic (exact) mass is 431 g/mol. The molecule has 1 saturated carbocycles. The summed E-state index contributed by atoms with van der Waals surface area (Å²) in [5.74, 6) is -2.35. The number of hydrogen-bond acceptors (Lipinski definition) is 3. The van der Waals surface area contributed by atoms with Crippen LogP contribution in [-0.2, 0) is 16.0 Å². The van der Waals surface area contributed by atoms with Crippen LogP contribution in [0.3, 0.4) is 0 Å². The maximum atomic E-state index is 15.3. The van der Waals surface area contributed by atoms with Gasteiger partial charge in [0.05, 0.1) is 6.04 Å². The molecular formula is C24H24F3NO3. The topological polar surface area (TPSA) is 46.6 Å². The molecule has 0 N–H and O–H groups in total. The van der Waals surface area contributed by atoms with Gasteiger partial charge in [0, 0.05) is 30.5 Å². The van der Waals surface area contributed by atoms with E-state index in [0.29, 0.717) is 6.54 Å². The van der Waals surface area contributed by atoms with Crippen LogP contribution in [0, 0.1) is 29.3 Å². The molecule has 2 fully saturated rings. The molecule has 1 amide bonds. The second-order valence-corrected chi connectivity index (χ2v) is 9.29. The van der Waals surface area contributed by atoms with Gasteiger partial charge in [-0.1, -0.05) is 18.2 Å². The summed E-state index contributed by atoms with van der Waals surface area (Å²) >= 11 is 0. The third-order valence-electron chi connectivity index (χ3n) is 5.72. The van der Waals surface area contributed by atoms with Gasteiger partial charge in [0.2, 0.25) is 0 Å². The van der Waals surface area contributed by atoms with E-state index in [4.69, 9.17) is 4.74 Å². The average molecular weight is 431 g/mol. The zero-order valence-electron chi connectivity index (χ0n) is 17.6. The summed E-state index contributed by atoms with van der Waals surface area (Å²) in [7, 11) is 0. The second kappa shape index (κ2) is 7.70. The molecule has 164 valence electrons. The Balaban J connectivity index is 1.65. The number of nitrogens with zero attached hydrogens (tertiary/aromatic N) is 1. The van der Waals surface area contributed by atoms with E-state index in [1.54, 1.807) is 26.8 Å². The molecule has 0 spiro atoms. The number of rotatable bonds is 3. The predicted molar refractivity (Wildman–Crippen MR) is 109 cm³/mol. The average Bonchev–Trinajstić information content (AvgIpc) is 3.43. The standard InChI is InChI=1S/C24H24F3NO3/c1-24(2,3)31-23(30)28-12-15-9-19(15)22(29)20(28)10-13-5-4-6-18(21(13)27)14-7-16(25)11-17(26)8-14/h4-8,11,15,19-20H,9-10,12H2,1-3H3. The van der Waals surface area contributed by atoms with Gasteiger partial charge in [-0.3, -0.25) is 9.69 Å². The normalized spacial score (nSPS) is 22.8. The van der Waals surface area contributed by atoms with E-state index < -0.39 is 35.2 Å². The number of Topliss-reactive ketones (excluding diaryl/α,β-unsaturated/α-hetero) is 1. The van der Waals surface area contributed by atoms with Crippen LogP contribution in [-0.4, -0.2) is 35.0 Å². The molecule has 2 aromatic carbocycles. The van der Waals surface area contributed by atoms with Crippen molar-refractivity contribution in [1.29, 1.82) is 0 Å². The quantitative estimate of drug-likeness (QED) is 0.676. The van der Waals surface area contributed by atoms with E-state index >= 15 is 4.39 Å². The summed E-state index contributed by atoms with van der Waals surface area (Å²) in [5, 5.41) is 0. The summed E-state index contributed by atoms with van der Waals surface area (Å²) in [6.07, 6.45) is 0.0957. The summed E-state index contributed by atoms with van der Waals surface area (Å²) in [4.78, 5) is 27.1. The molecule has 1 saturated heterocycles. The number of amides is 1. The van der Waals surface area contributed by atoms with Crippen molar-refractivity contribution in [1.82, 2.24) is 4.90 Å². The summed E-state index contributed by atoms with van der Waals surface area (Å²) in [5.41, 5.74) is -0.420. The van der Waals surface area contributed by atoms with Crippen LogP contribution in [0.15, 0.2) is 36.4 Å². The van der Waals surface area contributed by atoms with Gasteiger partial charge in [0.25, 0.3) is 0 Å². The lowest BCUT2D eigenvalue weighted by atomic mass is 9.92. The Morgan fingerprint density at radius 2 is 1.81 bits per heavy atom. The zero-order valence-corrected chi connectivity index (χ0v) is 17.6. The molecule has 2 aliphatic rings. The fraction of sp³-hybridized carbons (Fsp3) is 0.417. The van der Waals surface area contributed by atoms with Crippen molar-refractivity contribution in [2.45, 2.75) is 45.3 Å². The maximum Gasteiger partial charge on any atom is 0.410 e. The Kier molecular flexibility index (Phi) is 5.31. The first-order valence-electron chi connectivity index (χ1n) is 10.3. The Labute approximate surface area is 179 Å². The molecule has 1 heterocycles. The van der Waals surface area contributed by atoms with Crippen LogP contribution in [0.5, 0.6) is 0 Å². The van der Waals surface area contributed by atoms with Gasteiger partial charge in [-0.2, -0.15) is 0 Å². The number of benzene rings is 2. The van der Waals surface area contributed by atoms with Crippen LogP contribution in [0.1, 0.15) is 32.8 Å². The Morgan fingerprint density at radius 1 is 1.13 bits per heavy atom. The highest BCUT2D eigenvalue weighted by Crippen LogP contribution is 2.46. The smallest absolute Gasteiger partial charge is 0.410 e. The molecule has 3 unspecified atom stereocenters. The molecule has 0 radical (unpaired) electrons. The van der Waals surface area contributed by atoms with Crippen molar-refractivity contribution >= 4 is 11.9 Å². The maximum absolute atomic E-state index is 15.3. The first-order chi connectivity index (χ1) is 14.5. The van der Waals surface area contributed by atoms with Crippen LogP contribution >= 0.6 is 0 Å². The van der Waals surface area contributed by atoms with Gasteiger partial charge in [0.15, 0.2) is 5.78 Å². The van der Waals surface area contributed by atoms with E-state index in [0.717, 1.165) is 24.6 Å². The minimum Gasteiger partial charge on any atom is -0.444 e. The molecule has 31 heavy (non-hydrogen) atoms. The van der Waals surface area contributed by atoms with Crippen molar-refractivity contribution in [2.75, 3.05) is 6.54 Å². The highest BCUT2D eigenvalue weighted by atomic mass is 19.1. The van der Waals surface area contributed by atoms with Crippen molar-refractivity contribution in [3.63, 3.8) is 0 Å². The largest absolute Gasteiger partial charge is 0.444 e. The third-order valence-corrected chi connectivity index (χ3v) is 5.72. The summed E-state index contributed by atoms with van der Waals surface area (Å²) in [6, 6.07) is 6.51. The van der Waals surface area contributed by atoms with Gasteiger partial charge in [-0.15, -0.1) is 0 Å². The minimum atomic E-state index is -0.840. The molecule has 4 rings (SSSR count). The van der Waals surface area contributed by atoms with E-state index in [1.165, 1.54) is 17.0 Å². The number of halogens is 3. The van der Waals surface area contributed by atoms with Gasteiger partial charge in [-0.25, -0.2) is 18.0 Å². The van der Waals surface area contributed by atoms with Gasteiger partial charge < -0.3 is 4.74 Å². The van der Waals surface area contributed by atoms with Crippen molar-refractivity contribution < 1.29 is 27.5 Å². The molecule has 1 aliphatic carbocycles. The number of carbonyl (C=O) groups is 2. The van der Waals surface area contributed by atoms with Crippen LogP contribution < -0.4 is 0 Å². The lowest BCUT2D eigenvalue weighted by Crippen LogP contribution is -2.52. The Morgan fingerprint density at radius 3 is 2.45 bits per heavy atom. The Bertz CT molecular complexity index is 1030. The number of likely N-dealkylation sites (tertiary alicyclic amines) is 1. The van der Waals surface area contributed by atoms with Gasteiger partial charge in [0.1, 0.15) is 23.1 Å². The predicted octanol–water partition coefficient (Wildman–Crippen LogP) is 5.14. The second-order valence-electron chi connectivity index (χ2n) is 9.29. The number of ketones is 1. The molecule has 4 nitrogen and oxygen atoms in total. The number of ether oxygens (including phenoxy) is 1. The molecule has 7 heteroatoms. The molecule has 0 bridgehead atoms. The highest BCUT2D eigenvalue weighted by molar-refractivity contribution is 5.93. The number of fused-ring (bicyclic) bond motifs is 1. The van der Waals surface area contributed by atoms with Gasteiger partial charge >= 0.3 is 6.09 Å². The SMILES string of the molecule is CC(C)(C)OC(=O)N1CC2CC2C(=O)C1Cc1cccc(-c2cc(F)cc(F)c2)c1F. The number of carbonyl (C=O) groups excluding carboxylic acids is 2.